The fourth-order valence-electron chi connectivity index (χ4n) is 5.64. The number of allylic oxidation sites excluding steroid dienone is 8. The fraction of sp³-hybridized carbons (Fsp3) is 0.125. The molecule has 0 saturated heterocycles. The van der Waals surface area contributed by atoms with Crippen molar-refractivity contribution in [3.05, 3.63) is 168 Å². The normalized spacial score (nSPS) is 15.1. The zero-order chi connectivity index (χ0) is 32.4. The van der Waals surface area contributed by atoms with Gasteiger partial charge in [-0.3, -0.25) is 0 Å². The average molecular weight is 610 g/mol. The zero-order valence-electron chi connectivity index (χ0n) is 26.1. The molecule has 5 N–H and O–H groups in total. The standard InChI is InChI=1S/C40H39N3O3/c1-3-5-34(26-28-41)44-35-16-6-29(7-17-35)40(27-4-2,30-8-18-36(19-9-30)45-38-22-12-32(42)13-23-38)31-10-20-37(21-11-31)46-39-24-14-33(43)15-25-39/h3-6,8-29,41H,7,42-43H2,1-2H3/b5-3-,27-4?,34-26+,41-28?. The van der Waals surface area contributed by atoms with Gasteiger partial charge < -0.3 is 31.1 Å². The minimum absolute atomic E-state index is 0.0701. The van der Waals surface area contributed by atoms with Crippen molar-refractivity contribution < 1.29 is 14.2 Å². The molecule has 0 aromatic heterocycles. The SMILES string of the molecule is CC=CC(c1ccc(Oc2ccc(N)cc2)cc1)(c1ccc(Oc2ccc(N)cc2)cc1)C1C=CC(OC(/C=C\C)=C/C=N)=CC1. The number of hydrogen-bond acceptors (Lipinski definition) is 6. The van der Waals surface area contributed by atoms with Crippen LogP contribution in [0, 0.1) is 11.3 Å². The van der Waals surface area contributed by atoms with Gasteiger partial charge >= 0.3 is 0 Å². The van der Waals surface area contributed by atoms with Gasteiger partial charge in [0.05, 0.1) is 0 Å². The molecule has 46 heavy (non-hydrogen) atoms. The molecule has 0 heterocycles. The molecule has 232 valence electrons. The molecule has 5 rings (SSSR count). The van der Waals surface area contributed by atoms with Gasteiger partial charge in [-0.15, -0.1) is 0 Å². The van der Waals surface area contributed by atoms with Crippen LogP contribution >= 0.6 is 0 Å². The van der Waals surface area contributed by atoms with Crippen molar-refractivity contribution in [3.63, 3.8) is 0 Å². The van der Waals surface area contributed by atoms with Crippen molar-refractivity contribution in [2.45, 2.75) is 25.7 Å². The molecule has 0 spiro atoms. The van der Waals surface area contributed by atoms with Crippen LogP contribution in [0.25, 0.3) is 0 Å². The lowest BCUT2D eigenvalue weighted by atomic mass is 9.63. The summed E-state index contributed by atoms with van der Waals surface area (Å²) in [5, 5.41) is 7.46. The van der Waals surface area contributed by atoms with E-state index >= 15 is 0 Å². The molecule has 1 aliphatic rings. The molecule has 6 nitrogen and oxygen atoms in total. The Bertz CT molecular complexity index is 1670. The molecule has 4 aromatic rings. The monoisotopic (exact) mass is 609 g/mol. The Morgan fingerprint density at radius 1 is 0.717 bits per heavy atom. The highest BCUT2D eigenvalue weighted by atomic mass is 16.5. The number of benzene rings is 4. The Morgan fingerprint density at radius 3 is 1.59 bits per heavy atom. The summed E-state index contributed by atoms with van der Waals surface area (Å²) >= 11 is 0. The highest BCUT2D eigenvalue weighted by molar-refractivity contribution is 5.69. The molecular formula is C40H39N3O3. The largest absolute Gasteiger partial charge is 0.458 e. The van der Waals surface area contributed by atoms with Gasteiger partial charge in [-0.1, -0.05) is 48.6 Å². The number of nitrogens with one attached hydrogen (secondary N) is 1. The maximum Gasteiger partial charge on any atom is 0.128 e. The van der Waals surface area contributed by atoms with Crippen LogP contribution in [0.3, 0.4) is 0 Å². The van der Waals surface area contributed by atoms with Gasteiger partial charge in [-0.25, -0.2) is 0 Å². The van der Waals surface area contributed by atoms with E-state index in [1.54, 1.807) is 6.08 Å². The van der Waals surface area contributed by atoms with Crippen molar-refractivity contribution >= 4 is 17.6 Å². The number of hydrogen-bond donors (Lipinski definition) is 3. The van der Waals surface area contributed by atoms with E-state index in [4.69, 9.17) is 31.1 Å². The Kier molecular flexibility index (Phi) is 10.2. The minimum atomic E-state index is -0.510. The van der Waals surface area contributed by atoms with Crippen LogP contribution in [0.1, 0.15) is 31.4 Å². The quantitative estimate of drug-likeness (QED) is 0.0488. The maximum absolute atomic E-state index is 7.46. The summed E-state index contributed by atoms with van der Waals surface area (Å²) in [7, 11) is 0. The summed E-state index contributed by atoms with van der Waals surface area (Å²) in [6, 6.07) is 31.3. The van der Waals surface area contributed by atoms with Crippen LogP contribution in [-0.4, -0.2) is 6.21 Å². The molecule has 1 atom stereocenters. The van der Waals surface area contributed by atoms with Crippen LogP contribution in [0.15, 0.2) is 157 Å². The number of nitrogens with two attached hydrogens (primary N) is 2. The van der Waals surface area contributed by atoms with Gasteiger partial charge in [0.1, 0.15) is 34.5 Å². The van der Waals surface area contributed by atoms with Gasteiger partial charge in [0, 0.05) is 23.0 Å². The van der Waals surface area contributed by atoms with Crippen molar-refractivity contribution in [2.24, 2.45) is 5.92 Å². The first kappa shape index (κ1) is 31.7. The molecule has 0 amide bonds. The molecule has 0 fully saturated rings. The van der Waals surface area contributed by atoms with Crippen molar-refractivity contribution in [3.8, 4) is 23.0 Å². The second-order valence-electron chi connectivity index (χ2n) is 10.9. The number of nitrogen functional groups attached to an aromatic ring is 2. The molecule has 6 heteroatoms. The molecule has 1 unspecified atom stereocenters. The van der Waals surface area contributed by atoms with Crippen LogP contribution in [-0.2, 0) is 10.2 Å². The second-order valence-corrected chi connectivity index (χ2v) is 10.9. The van der Waals surface area contributed by atoms with Gasteiger partial charge in [-0.05, 0) is 134 Å². The Labute approximate surface area is 271 Å². The Balaban J connectivity index is 1.50. The minimum Gasteiger partial charge on any atom is -0.458 e. The van der Waals surface area contributed by atoms with Crippen molar-refractivity contribution in [1.29, 1.82) is 5.41 Å². The van der Waals surface area contributed by atoms with E-state index in [9.17, 15) is 0 Å². The van der Waals surface area contributed by atoms with E-state index in [1.165, 1.54) is 6.21 Å². The highest BCUT2D eigenvalue weighted by Gasteiger charge is 2.39. The van der Waals surface area contributed by atoms with Crippen LogP contribution in [0.2, 0.25) is 0 Å². The Morgan fingerprint density at radius 2 is 1.20 bits per heavy atom. The molecule has 0 radical (unpaired) electrons. The number of anilines is 2. The van der Waals surface area contributed by atoms with Crippen molar-refractivity contribution in [2.75, 3.05) is 11.5 Å². The molecule has 0 aliphatic heterocycles. The average Bonchev–Trinajstić information content (AvgIpc) is 3.07. The van der Waals surface area contributed by atoms with Crippen molar-refractivity contribution in [1.82, 2.24) is 0 Å². The second kappa shape index (κ2) is 14.8. The fourth-order valence-corrected chi connectivity index (χ4v) is 5.64. The molecule has 4 aromatic carbocycles. The lowest BCUT2D eigenvalue weighted by Crippen LogP contribution is -2.34. The smallest absolute Gasteiger partial charge is 0.128 e. The lowest BCUT2D eigenvalue weighted by Gasteiger charge is -2.39. The number of ether oxygens (including phenoxy) is 3. The van der Waals surface area contributed by atoms with E-state index in [2.05, 4.69) is 48.6 Å². The number of rotatable bonds is 12. The Hall–Kier alpha value is -5.75. The first-order valence-corrected chi connectivity index (χ1v) is 15.2. The third kappa shape index (κ3) is 7.48. The lowest BCUT2D eigenvalue weighted by molar-refractivity contribution is 0.326. The topological polar surface area (TPSA) is 104 Å². The van der Waals surface area contributed by atoms with E-state index < -0.39 is 5.41 Å². The summed E-state index contributed by atoms with van der Waals surface area (Å²) in [5.74, 6) is 4.34. The molecular weight excluding hydrogens is 570 g/mol. The summed E-state index contributed by atoms with van der Waals surface area (Å²) in [4.78, 5) is 0. The molecule has 0 saturated carbocycles. The van der Waals surface area contributed by atoms with E-state index in [0.29, 0.717) is 17.1 Å². The predicted molar refractivity (Wildman–Crippen MR) is 188 cm³/mol. The first-order chi connectivity index (χ1) is 22.4. The zero-order valence-corrected chi connectivity index (χ0v) is 26.1. The summed E-state index contributed by atoms with van der Waals surface area (Å²) in [6.45, 7) is 3.97. The molecule has 1 aliphatic carbocycles. The van der Waals surface area contributed by atoms with Gasteiger partial charge in [0.15, 0.2) is 0 Å². The van der Waals surface area contributed by atoms with Crippen LogP contribution in [0.5, 0.6) is 23.0 Å². The van der Waals surface area contributed by atoms with E-state index in [-0.39, 0.29) is 5.92 Å². The third-order valence-electron chi connectivity index (χ3n) is 7.79. The van der Waals surface area contributed by atoms with Crippen LogP contribution in [0.4, 0.5) is 11.4 Å². The van der Waals surface area contributed by atoms with E-state index in [1.807, 2.05) is 105 Å². The van der Waals surface area contributed by atoms with Crippen LogP contribution < -0.4 is 20.9 Å². The van der Waals surface area contributed by atoms with E-state index in [0.717, 1.165) is 46.3 Å². The first-order valence-electron chi connectivity index (χ1n) is 15.2. The molecule has 0 bridgehead atoms. The maximum atomic E-state index is 7.46. The summed E-state index contributed by atoms with van der Waals surface area (Å²) in [5.41, 5.74) is 14.8. The highest BCUT2D eigenvalue weighted by Crippen LogP contribution is 2.46. The third-order valence-corrected chi connectivity index (χ3v) is 7.79. The predicted octanol–water partition coefficient (Wildman–Crippen LogP) is 9.88. The van der Waals surface area contributed by atoms with Gasteiger partial charge in [0.2, 0.25) is 0 Å². The summed E-state index contributed by atoms with van der Waals surface area (Å²) in [6.07, 6.45) is 18.1. The summed E-state index contributed by atoms with van der Waals surface area (Å²) < 4.78 is 18.3. The van der Waals surface area contributed by atoms with Gasteiger partial charge in [0.25, 0.3) is 0 Å². The van der Waals surface area contributed by atoms with Gasteiger partial charge in [-0.2, -0.15) is 0 Å².